The summed E-state index contributed by atoms with van der Waals surface area (Å²) in [7, 11) is -2.30. The van der Waals surface area contributed by atoms with Gasteiger partial charge in [-0.1, -0.05) is 70.1 Å². The van der Waals surface area contributed by atoms with Gasteiger partial charge in [0.25, 0.3) is 0 Å². The molecule has 0 spiro atoms. The quantitative estimate of drug-likeness (QED) is 0.0459. The smallest absolute Gasteiger partial charge is 0.374 e. The highest BCUT2D eigenvalue weighted by atomic mass is 33.1. The van der Waals surface area contributed by atoms with Gasteiger partial charge in [-0.2, -0.15) is 0 Å². The first-order valence-electron chi connectivity index (χ1n) is 19.5. The Hall–Kier alpha value is -2.45. The van der Waals surface area contributed by atoms with Crippen molar-refractivity contribution in [3.63, 3.8) is 0 Å². The maximum atomic E-state index is 6.33. The molecule has 0 N–H and O–H groups in total. The summed E-state index contributed by atoms with van der Waals surface area (Å²) < 4.78 is 40.3. The van der Waals surface area contributed by atoms with Crippen LogP contribution in [0.4, 0.5) is 0 Å². The largest absolute Gasteiger partial charge is 0.501 e. The van der Waals surface area contributed by atoms with Crippen LogP contribution in [0, 0.1) is 0 Å². The van der Waals surface area contributed by atoms with E-state index in [4.69, 9.17) is 36.5 Å². The van der Waals surface area contributed by atoms with Gasteiger partial charge in [-0.25, -0.2) is 9.97 Å². The average molecular weight is 865 g/mol. The SMILES string of the molecule is CCO[Si](CCc1c(SSc2cccc(-c3nc4ccccc4s3)c2CC[Si](OCC)(OCC)OCC)cccc1-c1nc2ccccc2s1)(OCC)OCC. The van der Waals surface area contributed by atoms with Crippen LogP contribution in [-0.2, 0) is 39.4 Å². The second-order valence-corrected chi connectivity index (χ2v) is 22.4. The van der Waals surface area contributed by atoms with Gasteiger partial charge in [-0.3, -0.25) is 0 Å². The van der Waals surface area contributed by atoms with Crippen molar-refractivity contribution in [1.82, 2.24) is 9.97 Å². The number of fused-ring (bicyclic) bond motifs is 2. The molecule has 2 heterocycles. The van der Waals surface area contributed by atoms with Crippen molar-refractivity contribution in [2.45, 2.75) is 76.3 Å². The van der Waals surface area contributed by atoms with Crippen molar-refractivity contribution < 1.29 is 26.6 Å². The van der Waals surface area contributed by atoms with E-state index in [2.05, 4.69) is 72.8 Å². The molecule has 4 aromatic carbocycles. The lowest BCUT2D eigenvalue weighted by atomic mass is 10.1. The minimum atomic E-state index is -2.93. The minimum Gasteiger partial charge on any atom is -0.374 e. The first-order valence-corrected chi connectivity index (χ1v) is 27.2. The fourth-order valence-electron chi connectivity index (χ4n) is 6.83. The summed E-state index contributed by atoms with van der Waals surface area (Å²) in [5.74, 6) is 0. The monoisotopic (exact) mass is 864 g/mol. The van der Waals surface area contributed by atoms with Crippen LogP contribution in [0.15, 0.2) is 94.7 Å². The zero-order valence-corrected chi connectivity index (χ0v) is 38.4. The van der Waals surface area contributed by atoms with E-state index in [9.17, 15) is 0 Å². The van der Waals surface area contributed by atoms with Gasteiger partial charge >= 0.3 is 17.6 Å². The van der Waals surface area contributed by atoms with Crippen LogP contribution in [0.3, 0.4) is 0 Å². The number of hydrogen-bond donors (Lipinski definition) is 0. The molecule has 0 aliphatic carbocycles. The lowest BCUT2D eigenvalue weighted by Crippen LogP contribution is -2.46. The van der Waals surface area contributed by atoms with E-state index in [0.29, 0.717) is 51.7 Å². The van der Waals surface area contributed by atoms with Crippen LogP contribution in [0.2, 0.25) is 12.1 Å². The topological polar surface area (TPSA) is 81.2 Å². The Labute approximate surface area is 349 Å². The average Bonchev–Trinajstić information content (AvgIpc) is 3.84. The van der Waals surface area contributed by atoms with Gasteiger partial charge in [0, 0.05) is 72.6 Å². The first kappa shape index (κ1) is 43.1. The van der Waals surface area contributed by atoms with E-state index in [1.807, 2.05) is 53.7 Å². The van der Waals surface area contributed by atoms with E-state index in [0.717, 1.165) is 45.0 Å². The highest BCUT2D eigenvalue weighted by Crippen LogP contribution is 2.47. The van der Waals surface area contributed by atoms with Crippen molar-refractivity contribution in [2.24, 2.45) is 0 Å². The number of thiazole rings is 2. The van der Waals surface area contributed by atoms with E-state index in [1.165, 1.54) is 30.3 Å². The summed E-state index contributed by atoms with van der Waals surface area (Å²) >= 11 is 3.46. The summed E-state index contributed by atoms with van der Waals surface area (Å²) in [4.78, 5) is 12.6. The lowest BCUT2D eigenvalue weighted by Gasteiger charge is -2.29. The van der Waals surface area contributed by atoms with Gasteiger partial charge in [0.2, 0.25) is 0 Å². The molecule has 6 rings (SSSR count). The van der Waals surface area contributed by atoms with Gasteiger partial charge in [0.1, 0.15) is 10.0 Å². The van der Waals surface area contributed by atoms with E-state index >= 15 is 0 Å². The molecule has 0 aliphatic heterocycles. The Kier molecular flexibility index (Phi) is 16.2. The van der Waals surface area contributed by atoms with Crippen molar-refractivity contribution in [3.8, 4) is 21.1 Å². The van der Waals surface area contributed by atoms with Crippen LogP contribution in [-0.4, -0.2) is 67.2 Å². The second kappa shape index (κ2) is 21.0. The number of hydrogen-bond acceptors (Lipinski definition) is 12. The minimum absolute atomic E-state index is 0.539. The molecule has 0 fully saturated rings. The fourth-order valence-corrected chi connectivity index (χ4v) is 16.5. The number of rotatable bonds is 23. The Morgan fingerprint density at radius 3 is 1.16 bits per heavy atom. The molecule has 0 aliphatic rings. The number of nitrogens with zero attached hydrogens (tertiary/aromatic N) is 2. The maximum Gasteiger partial charge on any atom is 0.501 e. The number of para-hydroxylation sites is 2. The predicted molar refractivity (Wildman–Crippen MR) is 240 cm³/mol. The molecule has 0 saturated carbocycles. The van der Waals surface area contributed by atoms with E-state index in [1.54, 1.807) is 44.3 Å². The lowest BCUT2D eigenvalue weighted by molar-refractivity contribution is 0.0706. The Balaban J connectivity index is 1.40. The summed E-state index contributed by atoms with van der Waals surface area (Å²) in [6.07, 6.45) is 1.45. The highest BCUT2D eigenvalue weighted by molar-refractivity contribution is 8.76. The summed E-state index contributed by atoms with van der Waals surface area (Å²) in [6.45, 7) is 15.3. The van der Waals surface area contributed by atoms with Gasteiger partial charge in [0.15, 0.2) is 0 Å². The third kappa shape index (κ3) is 10.4. The highest BCUT2D eigenvalue weighted by Gasteiger charge is 2.41. The van der Waals surface area contributed by atoms with Crippen molar-refractivity contribution >= 4 is 82.3 Å². The zero-order valence-electron chi connectivity index (χ0n) is 33.1. The Morgan fingerprint density at radius 1 is 0.464 bits per heavy atom. The molecule has 0 saturated heterocycles. The molecule has 0 atom stereocenters. The third-order valence-electron chi connectivity index (χ3n) is 9.08. The molecule has 2 aromatic heterocycles. The maximum absolute atomic E-state index is 6.33. The zero-order chi connectivity index (χ0) is 39.4. The number of benzene rings is 4. The molecule has 0 unspecified atom stereocenters. The molecule has 56 heavy (non-hydrogen) atoms. The van der Waals surface area contributed by atoms with Gasteiger partial charge < -0.3 is 26.6 Å². The fraction of sp³-hybridized carbons (Fsp3) is 0.381. The predicted octanol–water partition coefficient (Wildman–Crippen LogP) is 12.2. The second-order valence-electron chi connectivity index (χ2n) is 12.7. The van der Waals surface area contributed by atoms with E-state index < -0.39 is 17.6 Å². The van der Waals surface area contributed by atoms with Crippen LogP contribution in [0.5, 0.6) is 0 Å². The summed E-state index contributed by atoms with van der Waals surface area (Å²) in [6, 6.07) is 31.2. The first-order chi connectivity index (χ1) is 27.4. The van der Waals surface area contributed by atoms with Crippen LogP contribution in [0.25, 0.3) is 41.6 Å². The van der Waals surface area contributed by atoms with Crippen LogP contribution < -0.4 is 0 Å². The molecular weight excluding hydrogens is 813 g/mol. The molecule has 0 bridgehead atoms. The van der Waals surface area contributed by atoms with Crippen molar-refractivity contribution in [3.05, 3.63) is 96.1 Å². The molecule has 6 aromatic rings. The molecule has 0 radical (unpaired) electrons. The van der Waals surface area contributed by atoms with Gasteiger partial charge in [-0.05, 0) is 102 Å². The third-order valence-corrected chi connectivity index (χ3v) is 19.9. The molecule has 0 amide bonds. The van der Waals surface area contributed by atoms with Crippen molar-refractivity contribution in [2.75, 3.05) is 39.6 Å². The van der Waals surface area contributed by atoms with Crippen LogP contribution >= 0.6 is 44.3 Å². The normalized spacial score (nSPS) is 12.3. The van der Waals surface area contributed by atoms with Crippen molar-refractivity contribution in [1.29, 1.82) is 0 Å². The van der Waals surface area contributed by atoms with E-state index in [-0.39, 0.29) is 0 Å². The molecule has 298 valence electrons. The van der Waals surface area contributed by atoms with Gasteiger partial charge in [0.05, 0.1) is 20.4 Å². The van der Waals surface area contributed by atoms with Gasteiger partial charge in [-0.15, -0.1) is 22.7 Å². The number of aromatic nitrogens is 2. The molecule has 14 heteroatoms. The van der Waals surface area contributed by atoms with Crippen LogP contribution in [0.1, 0.15) is 52.7 Å². The standard InChI is InChI=1S/C42H52N2O6S4Si2/c1-7-45-55(46-8-2,47-9-3)29-27-31-33(41-43-35-21-13-15-23-39(35)51-41)19-17-25-37(31)53-54-38-26-18-20-34(42-44-36-22-14-16-24-40(36)52-42)32(38)28-30-56(48-10-4,49-11-5)50-12-6/h13-26H,7-12,27-30H2,1-6H3. The Morgan fingerprint density at radius 2 is 0.821 bits per heavy atom. The summed E-state index contributed by atoms with van der Waals surface area (Å²) in [5, 5.41) is 2.01. The molecular formula is C42H52N2O6S4Si2. The Bertz CT molecular complexity index is 1910. The molecule has 8 nitrogen and oxygen atoms in total. The summed E-state index contributed by atoms with van der Waals surface area (Å²) in [5.41, 5.74) is 6.73.